The van der Waals surface area contributed by atoms with E-state index >= 15 is 0 Å². The van der Waals surface area contributed by atoms with E-state index in [1.54, 1.807) is 0 Å². The van der Waals surface area contributed by atoms with Crippen molar-refractivity contribution in [1.82, 2.24) is 0 Å². The van der Waals surface area contributed by atoms with Crippen molar-refractivity contribution in [3.8, 4) is 0 Å². The predicted molar refractivity (Wildman–Crippen MR) is 87.4 cm³/mol. The predicted octanol–water partition coefficient (Wildman–Crippen LogP) is 0.947. The molecule has 0 amide bonds. The van der Waals surface area contributed by atoms with Crippen molar-refractivity contribution in [2.45, 2.75) is 97.8 Å². The zero-order valence-corrected chi connectivity index (χ0v) is 18.9. The minimum atomic E-state index is -0.932. The number of aliphatic carboxylic acids is 3. The van der Waals surface area contributed by atoms with Crippen LogP contribution in [0.3, 0.4) is 0 Å². The molecule has 0 saturated carbocycles. The Labute approximate surface area is 177 Å². The van der Waals surface area contributed by atoms with Gasteiger partial charge in [-0.2, -0.15) is 0 Å². The Kier molecular flexibility index (Phi) is 36.5. The second-order valence-corrected chi connectivity index (χ2v) is 5.49. The number of unbranched alkanes of at least 4 members (excludes halogenated alkanes) is 6. The van der Waals surface area contributed by atoms with E-state index in [0.717, 1.165) is 57.8 Å². The molecule has 7 heteroatoms. The molecule has 0 aromatic rings. The summed E-state index contributed by atoms with van der Waals surface area (Å²) < 4.78 is 0. The second kappa shape index (κ2) is 28.3. The molecule has 0 rings (SSSR count). The maximum absolute atomic E-state index is 9.76. The van der Waals surface area contributed by atoms with Crippen LogP contribution in [0.4, 0.5) is 0 Å². The van der Waals surface area contributed by atoms with Crippen LogP contribution < -0.4 is 15.3 Å². The minimum absolute atomic E-state index is 0. The molecule has 0 aliphatic heterocycles. The van der Waals surface area contributed by atoms with Gasteiger partial charge in [-0.25, -0.2) is 0 Å². The van der Waals surface area contributed by atoms with Gasteiger partial charge in [0.15, 0.2) is 0 Å². The van der Waals surface area contributed by atoms with Gasteiger partial charge in [0.2, 0.25) is 0 Å². The van der Waals surface area contributed by atoms with Crippen LogP contribution in [0.2, 0.25) is 0 Å². The van der Waals surface area contributed by atoms with Crippen LogP contribution in [0.25, 0.3) is 0 Å². The summed E-state index contributed by atoms with van der Waals surface area (Å²) in [5.74, 6) is -2.80. The quantitative estimate of drug-likeness (QED) is 0.422. The number of carboxylic acid groups (broad SMARTS) is 3. The molecule has 0 bridgehead atoms. The summed E-state index contributed by atoms with van der Waals surface area (Å²) in [5.41, 5.74) is 0. The first-order valence-electron chi connectivity index (χ1n) is 8.91. The van der Waals surface area contributed by atoms with E-state index in [1.165, 1.54) is 0 Å². The molecule has 0 unspecified atom stereocenters. The van der Waals surface area contributed by atoms with Crippen molar-refractivity contribution in [3.05, 3.63) is 0 Å². The summed E-state index contributed by atoms with van der Waals surface area (Å²) >= 11 is 0. The van der Waals surface area contributed by atoms with Crippen molar-refractivity contribution >= 4 is 17.9 Å². The molecule has 0 aromatic heterocycles. The fraction of sp³-hybridized carbons (Fsp3) is 0.833. The molecule has 0 heterocycles. The largest absolute Gasteiger partial charge is 3.00 e. The van der Waals surface area contributed by atoms with E-state index in [9.17, 15) is 29.7 Å². The summed E-state index contributed by atoms with van der Waals surface area (Å²) in [7, 11) is 0. The summed E-state index contributed by atoms with van der Waals surface area (Å²) in [5, 5.41) is 29.3. The monoisotopic (exact) mass is 434 g/mol. The number of hydrogen-bond donors (Lipinski definition) is 0. The van der Waals surface area contributed by atoms with Crippen LogP contribution in [0.5, 0.6) is 0 Å². The van der Waals surface area contributed by atoms with Crippen molar-refractivity contribution in [2.24, 2.45) is 0 Å². The van der Waals surface area contributed by atoms with Crippen LogP contribution in [-0.2, 0) is 47.1 Å². The Morgan fingerprint density at radius 2 is 0.720 bits per heavy atom. The minimum Gasteiger partial charge on any atom is -0.550 e. The molecular formula is C18H33O6Y. The smallest absolute Gasteiger partial charge is 0.550 e. The first kappa shape index (κ1) is 32.2. The first-order chi connectivity index (χ1) is 11.3. The van der Waals surface area contributed by atoms with Crippen LogP contribution in [0.1, 0.15) is 97.8 Å². The molecule has 25 heavy (non-hydrogen) atoms. The van der Waals surface area contributed by atoms with Gasteiger partial charge in [0, 0.05) is 17.9 Å². The summed E-state index contributed by atoms with van der Waals surface area (Å²) in [6.45, 7) is 6.11. The van der Waals surface area contributed by atoms with Crippen molar-refractivity contribution < 1.29 is 62.4 Å². The van der Waals surface area contributed by atoms with Crippen LogP contribution in [0, 0.1) is 0 Å². The average molecular weight is 434 g/mol. The van der Waals surface area contributed by atoms with E-state index in [0.29, 0.717) is 0 Å². The Hall–Kier alpha value is -0.486. The third-order valence-electron chi connectivity index (χ3n) is 2.95. The zero-order valence-electron chi connectivity index (χ0n) is 16.0. The van der Waals surface area contributed by atoms with E-state index < -0.39 is 17.9 Å². The Bertz CT molecular complexity index is 260. The van der Waals surface area contributed by atoms with E-state index in [1.807, 2.05) is 20.8 Å². The Morgan fingerprint density at radius 3 is 0.840 bits per heavy atom. The molecular weight excluding hydrogens is 401 g/mol. The molecule has 0 aliphatic carbocycles. The van der Waals surface area contributed by atoms with Gasteiger partial charge >= 0.3 is 32.7 Å². The molecule has 0 atom stereocenters. The third-order valence-corrected chi connectivity index (χ3v) is 2.95. The normalized spacial score (nSPS) is 8.76. The zero-order chi connectivity index (χ0) is 19.2. The van der Waals surface area contributed by atoms with E-state index in [2.05, 4.69) is 0 Å². The number of hydrogen-bond acceptors (Lipinski definition) is 6. The van der Waals surface area contributed by atoms with Crippen molar-refractivity contribution in [2.75, 3.05) is 0 Å². The summed E-state index contributed by atoms with van der Waals surface area (Å²) in [6.07, 6.45) is 9.11. The van der Waals surface area contributed by atoms with Crippen molar-refractivity contribution in [1.29, 1.82) is 0 Å². The van der Waals surface area contributed by atoms with Gasteiger partial charge in [-0.15, -0.1) is 0 Å². The maximum Gasteiger partial charge on any atom is 3.00 e. The standard InChI is InChI=1S/3C6H12O2.Y/c3*1-2-3-4-5-6(7)8;/h3*2-5H2,1H3,(H,7,8);/q;;;+3/p-3. The summed E-state index contributed by atoms with van der Waals surface area (Å²) in [6, 6.07) is 0. The third kappa shape index (κ3) is 51.7. The molecule has 0 saturated heterocycles. The van der Waals surface area contributed by atoms with Gasteiger partial charge in [-0.3, -0.25) is 0 Å². The van der Waals surface area contributed by atoms with E-state index in [4.69, 9.17) is 0 Å². The van der Waals surface area contributed by atoms with Gasteiger partial charge in [0.1, 0.15) is 0 Å². The molecule has 0 aliphatic rings. The Balaban J connectivity index is -0.000000130. The van der Waals surface area contributed by atoms with E-state index in [-0.39, 0.29) is 52.0 Å². The van der Waals surface area contributed by atoms with Crippen LogP contribution in [-0.4, -0.2) is 17.9 Å². The first-order valence-corrected chi connectivity index (χ1v) is 8.91. The molecule has 0 N–H and O–H groups in total. The number of carboxylic acids is 3. The second-order valence-electron chi connectivity index (χ2n) is 5.49. The molecule has 144 valence electrons. The molecule has 0 radical (unpaired) electrons. The van der Waals surface area contributed by atoms with Gasteiger partial charge < -0.3 is 29.7 Å². The fourth-order valence-electron chi connectivity index (χ4n) is 1.56. The molecule has 0 fully saturated rings. The van der Waals surface area contributed by atoms with Crippen molar-refractivity contribution in [3.63, 3.8) is 0 Å². The average Bonchev–Trinajstić information content (AvgIpc) is 2.48. The van der Waals surface area contributed by atoms with Crippen LogP contribution >= 0.6 is 0 Å². The number of rotatable bonds is 12. The molecule has 0 aromatic carbocycles. The van der Waals surface area contributed by atoms with Gasteiger partial charge in [0.25, 0.3) is 0 Å². The topological polar surface area (TPSA) is 120 Å². The van der Waals surface area contributed by atoms with Gasteiger partial charge in [0.05, 0.1) is 0 Å². The van der Waals surface area contributed by atoms with Gasteiger partial charge in [-0.05, 0) is 38.5 Å². The SMILES string of the molecule is CCCCCC(=O)[O-].CCCCCC(=O)[O-].CCCCCC(=O)[O-].[Y+3]. The van der Waals surface area contributed by atoms with Gasteiger partial charge in [-0.1, -0.05) is 59.3 Å². The molecule has 6 nitrogen and oxygen atoms in total. The maximum atomic E-state index is 9.76. The number of carbonyl (C=O) groups excluding carboxylic acids is 3. The fourth-order valence-corrected chi connectivity index (χ4v) is 1.56. The Morgan fingerprint density at radius 1 is 0.520 bits per heavy atom. The summed E-state index contributed by atoms with van der Waals surface area (Å²) in [4.78, 5) is 29.3. The molecule has 0 spiro atoms. The van der Waals surface area contributed by atoms with Crippen LogP contribution in [0.15, 0.2) is 0 Å². The number of carbonyl (C=O) groups is 3.